The largest absolute Gasteiger partial charge is 0.456 e. The Morgan fingerprint density at radius 2 is 0.891 bits per heavy atom. The van der Waals surface area contributed by atoms with Gasteiger partial charge < -0.3 is 18.2 Å². The molecule has 55 heavy (non-hydrogen) atoms. The summed E-state index contributed by atoms with van der Waals surface area (Å²) in [6.45, 7) is 0. The van der Waals surface area contributed by atoms with Gasteiger partial charge in [-0.25, -0.2) is 0 Å². The van der Waals surface area contributed by atoms with Crippen molar-refractivity contribution >= 4 is 114 Å². The summed E-state index contributed by atoms with van der Waals surface area (Å²) in [6, 6.07) is 55.7. The maximum absolute atomic E-state index is 13.3. The molecule has 0 spiro atoms. The zero-order valence-corrected chi connectivity index (χ0v) is 29.9. The summed E-state index contributed by atoms with van der Waals surface area (Å²) in [5, 5.41) is 7.74. The molecule has 0 saturated carbocycles. The number of rotatable bonds is 4. The molecule has 12 aromatic rings. The van der Waals surface area contributed by atoms with Crippen LogP contribution in [0.15, 0.2) is 182 Å². The second-order valence-electron chi connectivity index (χ2n) is 14.0. The molecular formula is C49H27NO4S. The van der Waals surface area contributed by atoms with E-state index in [0.29, 0.717) is 21.9 Å². The Bertz CT molecular complexity index is 3490. The van der Waals surface area contributed by atoms with E-state index in [1.54, 1.807) is 11.3 Å². The predicted octanol–water partition coefficient (Wildman–Crippen LogP) is 14.2. The fourth-order valence-electron chi connectivity index (χ4n) is 8.29. The molecule has 5 nitrogen and oxygen atoms in total. The summed E-state index contributed by atoms with van der Waals surface area (Å²) in [5.74, 6) is 0. The van der Waals surface area contributed by atoms with Crippen LogP contribution in [-0.2, 0) is 0 Å². The number of hydrogen-bond acceptors (Lipinski definition) is 6. The zero-order valence-electron chi connectivity index (χ0n) is 29.1. The molecule has 0 aliphatic rings. The number of para-hydroxylation sites is 5. The normalized spacial score (nSPS) is 12.1. The summed E-state index contributed by atoms with van der Waals surface area (Å²) < 4.78 is 21.9. The number of furan rings is 2. The smallest absolute Gasteiger partial charge is 0.200 e. The van der Waals surface area contributed by atoms with Crippen LogP contribution in [0.25, 0.3) is 97.1 Å². The van der Waals surface area contributed by atoms with Crippen molar-refractivity contribution in [2.75, 3.05) is 4.90 Å². The van der Waals surface area contributed by atoms with Gasteiger partial charge in [0.05, 0.1) is 22.1 Å². The van der Waals surface area contributed by atoms with Crippen LogP contribution in [0.4, 0.5) is 17.1 Å². The van der Waals surface area contributed by atoms with E-state index in [4.69, 9.17) is 13.3 Å². The van der Waals surface area contributed by atoms with Gasteiger partial charge in [-0.15, -0.1) is 11.3 Å². The van der Waals surface area contributed by atoms with Crippen molar-refractivity contribution < 1.29 is 13.3 Å². The van der Waals surface area contributed by atoms with Crippen LogP contribution < -0.4 is 10.3 Å². The highest BCUT2D eigenvalue weighted by Crippen LogP contribution is 2.47. The van der Waals surface area contributed by atoms with E-state index in [2.05, 4.69) is 102 Å². The summed E-state index contributed by atoms with van der Waals surface area (Å²) in [5.41, 5.74) is 9.32. The maximum Gasteiger partial charge on any atom is 0.200 e. The second-order valence-corrected chi connectivity index (χ2v) is 15.1. The molecule has 4 heterocycles. The van der Waals surface area contributed by atoms with Gasteiger partial charge in [-0.05, 0) is 90.0 Å². The first kappa shape index (κ1) is 30.3. The molecule has 8 aromatic carbocycles. The third-order valence-electron chi connectivity index (χ3n) is 10.9. The van der Waals surface area contributed by atoms with E-state index in [1.807, 2.05) is 66.7 Å². The summed E-state index contributed by atoms with van der Waals surface area (Å²) in [7, 11) is 0. The van der Waals surface area contributed by atoms with Crippen molar-refractivity contribution in [3.05, 3.63) is 174 Å². The number of benzene rings is 8. The van der Waals surface area contributed by atoms with Crippen LogP contribution in [-0.4, -0.2) is 0 Å². The molecule has 0 atom stereocenters. The number of nitrogens with zero attached hydrogens (tertiary/aromatic N) is 1. The lowest BCUT2D eigenvalue weighted by Gasteiger charge is -2.25. The molecule has 0 fully saturated rings. The van der Waals surface area contributed by atoms with Gasteiger partial charge in [-0.3, -0.25) is 4.79 Å². The third-order valence-corrected chi connectivity index (χ3v) is 12.0. The molecule has 0 N–H and O–H groups in total. The Kier molecular flexibility index (Phi) is 6.30. The van der Waals surface area contributed by atoms with Crippen molar-refractivity contribution in [2.45, 2.75) is 0 Å². The van der Waals surface area contributed by atoms with E-state index in [1.165, 1.54) is 9.40 Å². The van der Waals surface area contributed by atoms with E-state index in [9.17, 15) is 4.79 Å². The van der Waals surface area contributed by atoms with E-state index < -0.39 is 0 Å². The van der Waals surface area contributed by atoms with E-state index >= 15 is 0 Å². The molecule has 0 bridgehead atoms. The molecular weight excluding hydrogens is 699 g/mol. The average molecular weight is 726 g/mol. The fourth-order valence-corrected chi connectivity index (χ4v) is 9.36. The van der Waals surface area contributed by atoms with Crippen LogP contribution in [0.3, 0.4) is 0 Å². The highest BCUT2D eigenvalue weighted by Gasteiger charge is 2.24. The van der Waals surface area contributed by atoms with Gasteiger partial charge in [0.1, 0.15) is 22.3 Å². The van der Waals surface area contributed by atoms with Crippen LogP contribution in [0, 0.1) is 0 Å². The van der Waals surface area contributed by atoms with Gasteiger partial charge in [0.15, 0.2) is 11.2 Å². The number of hydrogen-bond donors (Lipinski definition) is 0. The lowest BCUT2D eigenvalue weighted by atomic mass is 10.0. The van der Waals surface area contributed by atoms with Gasteiger partial charge in [0, 0.05) is 47.4 Å². The first-order chi connectivity index (χ1) is 27.2. The molecule has 6 heteroatoms. The number of fused-ring (bicyclic) bond motifs is 11. The minimum absolute atomic E-state index is 0.0172. The third kappa shape index (κ3) is 4.49. The Labute approximate surface area is 316 Å². The summed E-state index contributed by atoms with van der Waals surface area (Å²) >= 11 is 1.78. The lowest BCUT2D eigenvalue weighted by molar-refractivity contribution is 0.660. The van der Waals surface area contributed by atoms with Crippen LogP contribution in [0.1, 0.15) is 0 Å². The Morgan fingerprint density at radius 3 is 1.56 bits per heavy atom. The molecule has 12 rings (SSSR count). The Morgan fingerprint density at radius 1 is 0.382 bits per heavy atom. The van der Waals surface area contributed by atoms with Gasteiger partial charge in [-0.1, -0.05) is 84.9 Å². The minimum atomic E-state index is -0.0172. The summed E-state index contributed by atoms with van der Waals surface area (Å²) in [6.07, 6.45) is 0. The van der Waals surface area contributed by atoms with E-state index in [0.717, 1.165) is 82.8 Å². The van der Waals surface area contributed by atoms with Crippen molar-refractivity contribution in [2.24, 2.45) is 0 Å². The molecule has 0 aliphatic carbocycles. The minimum Gasteiger partial charge on any atom is -0.456 e. The first-order valence-corrected chi connectivity index (χ1v) is 19.0. The van der Waals surface area contributed by atoms with Crippen molar-refractivity contribution in [3.63, 3.8) is 0 Å². The van der Waals surface area contributed by atoms with Crippen LogP contribution in [0.2, 0.25) is 0 Å². The Hall–Kier alpha value is -7.15. The topological polar surface area (TPSA) is 59.7 Å². The quantitative estimate of drug-likeness (QED) is 0.169. The highest BCUT2D eigenvalue weighted by molar-refractivity contribution is 7.25. The van der Waals surface area contributed by atoms with E-state index in [-0.39, 0.29) is 5.43 Å². The molecule has 0 amide bonds. The lowest BCUT2D eigenvalue weighted by Crippen LogP contribution is -2.10. The number of thiophene rings is 1. The highest BCUT2D eigenvalue weighted by atomic mass is 32.1. The second kappa shape index (κ2) is 11.4. The fraction of sp³-hybridized carbons (Fsp3) is 0. The van der Waals surface area contributed by atoms with Gasteiger partial charge in [0.25, 0.3) is 0 Å². The number of anilines is 3. The predicted molar refractivity (Wildman–Crippen MR) is 228 cm³/mol. The van der Waals surface area contributed by atoms with Crippen LogP contribution >= 0.6 is 11.3 Å². The summed E-state index contributed by atoms with van der Waals surface area (Å²) in [4.78, 5) is 15.6. The molecule has 0 aliphatic heterocycles. The van der Waals surface area contributed by atoms with Crippen LogP contribution in [0.5, 0.6) is 0 Å². The van der Waals surface area contributed by atoms with Gasteiger partial charge in [0.2, 0.25) is 5.43 Å². The molecule has 0 unspecified atom stereocenters. The first-order valence-electron chi connectivity index (χ1n) is 18.2. The molecule has 0 radical (unpaired) electrons. The monoisotopic (exact) mass is 725 g/mol. The van der Waals surface area contributed by atoms with Crippen molar-refractivity contribution in [1.29, 1.82) is 0 Å². The Balaban J connectivity index is 1.08. The molecule has 4 aromatic heterocycles. The van der Waals surface area contributed by atoms with Gasteiger partial charge >= 0.3 is 0 Å². The average Bonchev–Trinajstić information content (AvgIpc) is 3.92. The van der Waals surface area contributed by atoms with Gasteiger partial charge in [-0.2, -0.15) is 0 Å². The standard InChI is InChI=1S/C49H27NO4S/c51-47-35-11-3-6-18-43(35)52-44-26-29(19-22-36(44)47)28-20-23-45-37(25-28)38-27-30(21-24-46(38)55-45)50(39-14-7-12-33-31-9-1-4-16-41(31)53-48(33)39)40-15-8-13-34-32-10-2-5-17-42(32)54-49(34)40/h1-27H. The molecule has 0 saturated heterocycles. The zero-order chi connectivity index (χ0) is 36.2. The maximum atomic E-state index is 13.3. The SMILES string of the molecule is O=c1c2ccccc2oc2cc(-c3ccc4sc5ccc(N(c6cccc7c6oc6ccccc67)c6cccc7c6oc6ccccc67)cc5c4c3)ccc12. The van der Waals surface area contributed by atoms with Crippen molar-refractivity contribution in [3.8, 4) is 11.1 Å². The molecule has 258 valence electrons. The van der Waals surface area contributed by atoms with Crippen molar-refractivity contribution in [1.82, 2.24) is 0 Å².